The number of aliphatic hydroxyl groups is 1. The zero-order valence-corrected chi connectivity index (χ0v) is 8.09. The Morgan fingerprint density at radius 3 is 2.40 bits per heavy atom. The molecule has 5 N–H and O–H groups in total. The number of benzene rings is 1. The first-order valence-electron chi connectivity index (χ1n) is 4.53. The minimum absolute atomic E-state index is 0.204. The number of rotatable bonds is 2. The van der Waals surface area contributed by atoms with E-state index >= 15 is 0 Å². The number of nitrogens with zero attached hydrogens (tertiary/aromatic N) is 2. The van der Waals surface area contributed by atoms with Gasteiger partial charge in [-0.05, 0) is 12.1 Å². The highest BCUT2D eigenvalue weighted by Gasteiger charge is 2.12. The van der Waals surface area contributed by atoms with Crippen molar-refractivity contribution < 1.29 is 5.11 Å². The zero-order chi connectivity index (χ0) is 10.8. The number of nitrogen functional groups attached to an aromatic ring is 2. The van der Waals surface area contributed by atoms with Gasteiger partial charge in [-0.15, -0.1) is 5.10 Å². The summed E-state index contributed by atoms with van der Waals surface area (Å²) in [5.74, 6) is 0.639. The molecule has 1 aromatic carbocycles. The molecule has 0 aliphatic carbocycles. The van der Waals surface area contributed by atoms with Crippen LogP contribution in [-0.2, 0) is 6.61 Å². The lowest BCUT2D eigenvalue weighted by Crippen LogP contribution is -2.02. The lowest BCUT2D eigenvalue weighted by Gasteiger charge is -2.03. The summed E-state index contributed by atoms with van der Waals surface area (Å²) in [4.78, 5) is 0. The number of anilines is 2. The smallest absolute Gasteiger partial charge is 0.153 e. The average Bonchev–Trinajstić information content (AvgIpc) is 2.55. The normalized spacial score (nSPS) is 10.5. The van der Waals surface area contributed by atoms with Crippen molar-refractivity contribution in [1.82, 2.24) is 9.78 Å². The third-order valence-corrected chi connectivity index (χ3v) is 2.21. The van der Waals surface area contributed by atoms with Crippen LogP contribution < -0.4 is 11.5 Å². The first kappa shape index (κ1) is 9.54. The van der Waals surface area contributed by atoms with Gasteiger partial charge in [0.05, 0.1) is 17.9 Å². The molecule has 0 saturated carbocycles. The zero-order valence-electron chi connectivity index (χ0n) is 8.09. The molecule has 1 heterocycles. The minimum atomic E-state index is -0.204. The summed E-state index contributed by atoms with van der Waals surface area (Å²) in [5, 5.41) is 13.1. The molecule has 0 unspecified atom stereocenters. The number of hydrogen-bond donors (Lipinski definition) is 3. The Hall–Kier alpha value is -2.01. The molecule has 2 rings (SSSR count). The number of hydrogen-bond acceptors (Lipinski definition) is 4. The van der Waals surface area contributed by atoms with Gasteiger partial charge < -0.3 is 16.6 Å². The number of para-hydroxylation sites is 1. The molecule has 2 aromatic rings. The largest absolute Gasteiger partial charge is 0.391 e. The quantitative estimate of drug-likeness (QED) is 0.665. The number of aromatic nitrogens is 2. The van der Waals surface area contributed by atoms with Gasteiger partial charge in [-0.2, -0.15) is 0 Å². The standard InChI is InChI=1S/C10H12N4O/c11-9-8(6-15)10(12)14(13-9)7-4-2-1-3-5-7/h1-5,15H,6,12H2,(H2,11,13). The Labute approximate surface area is 86.9 Å². The molecule has 78 valence electrons. The van der Waals surface area contributed by atoms with E-state index in [-0.39, 0.29) is 12.4 Å². The Morgan fingerprint density at radius 1 is 1.20 bits per heavy atom. The Balaban J connectivity index is 2.55. The van der Waals surface area contributed by atoms with Gasteiger partial charge in [0.1, 0.15) is 5.82 Å². The van der Waals surface area contributed by atoms with Crippen molar-refractivity contribution in [2.45, 2.75) is 6.61 Å². The first-order valence-corrected chi connectivity index (χ1v) is 4.53. The lowest BCUT2D eigenvalue weighted by molar-refractivity contribution is 0.283. The molecule has 5 heteroatoms. The van der Waals surface area contributed by atoms with Crippen molar-refractivity contribution in [1.29, 1.82) is 0 Å². The van der Waals surface area contributed by atoms with Gasteiger partial charge in [0.15, 0.2) is 5.82 Å². The van der Waals surface area contributed by atoms with Gasteiger partial charge in [-0.1, -0.05) is 18.2 Å². The SMILES string of the molecule is Nc1nn(-c2ccccc2)c(N)c1CO. The van der Waals surface area contributed by atoms with Crippen LogP contribution in [0.15, 0.2) is 30.3 Å². The molecular formula is C10H12N4O. The maximum atomic E-state index is 9.05. The molecule has 0 bridgehead atoms. The van der Waals surface area contributed by atoms with Crippen LogP contribution in [0.3, 0.4) is 0 Å². The van der Waals surface area contributed by atoms with Crippen LogP contribution in [0.25, 0.3) is 5.69 Å². The fourth-order valence-corrected chi connectivity index (χ4v) is 1.41. The van der Waals surface area contributed by atoms with Crippen LogP contribution in [0.2, 0.25) is 0 Å². The van der Waals surface area contributed by atoms with E-state index in [0.717, 1.165) is 5.69 Å². The van der Waals surface area contributed by atoms with E-state index < -0.39 is 0 Å². The van der Waals surface area contributed by atoms with Crippen LogP contribution in [0.1, 0.15) is 5.56 Å². The van der Waals surface area contributed by atoms with Crippen molar-refractivity contribution in [3.05, 3.63) is 35.9 Å². The van der Waals surface area contributed by atoms with E-state index in [9.17, 15) is 0 Å². The fraction of sp³-hybridized carbons (Fsp3) is 0.100. The van der Waals surface area contributed by atoms with E-state index in [2.05, 4.69) is 5.10 Å². The molecule has 0 fully saturated rings. The van der Waals surface area contributed by atoms with Gasteiger partial charge in [0.2, 0.25) is 0 Å². The molecule has 5 nitrogen and oxygen atoms in total. The fourth-order valence-electron chi connectivity index (χ4n) is 1.41. The molecule has 15 heavy (non-hydrogen) atoms. The molecule has 0 aliphatic heterocycles. The van der Waals surface area contributed by atoms with Crippen molar-refractivity contribution >= 4 is 11.6 Å². The van der Waals surface area contributed by atoms with E-state index in [1.54, 1.807) is 0 Å². The highest BCUT2D eigenvalue weighted by atomic mass is 16.3. The summed E-state index contributed by atoms with van der Waals surface area (Å²) in [6, 6.07) is 9.39. The lowest BCUT2D eigenvalue weighted by atomic mass is 10.3. The van der Waals surface area contributed by atoms with Gasteiger partial charge in [-0.25, -0.2) is 4.68 Å². The van der Waals surface area contributed by atoms with Gasteiger partial charge in [0.25, 0.3) is 0 Å². The first-order chi connectivity index (χ1) is 7.24. The van der Waals surface area contributed by atoms with Crippen molar-refractivity contribution in [3.8, 4) is 5.69 Å². The third kappa shape index (κ3) is 1.53. The van der Waals surface area contributed by atoms with Crippen LogP contribution in [0, 0.1) is 0 Å². The second kappa shape index (κ2) is 3.62. The molecule has 1 aromatic heterocycles. The maximum absolute atomic E-state index is 9.05. The number of aliphatic hydroxyl groups excluding tert-OH is 1. The van der Waals surface area contributed by atoms with Gasteiger partial charge in [0, 0.05) is 0 Å². The predicted octanol–water partition coefficient (Wildman–Crippen LogP) is 0.529. The summed E-state index contributed by atoms with van der Waals surface area (Å²) in [6.07, 6.45) is 0. The summed E-state index contributed by atoms with van der Waals surface area (Å²) >= 11 is 0. The Morgan fingerprint density at radius 2 is 1.87 bits per heavy atom. The topological polar surface area (TPSA) is 90.1 Å². The highest BCUT2D eigenvalue weighted by Crippen LogP contribution is 2.22. The summed E-state index contributed by atoms with van der Waals surface area (Å²) in [7, 11) is 0. The van der Waals surface area contributed by atoms with Crippen molar-refractivity contribution in [2.24, 2.45) is 0 Å². The van der Waals surface area contributed by atoms with Crippen LogP contribution in [-0.4, -0.2) is 14.9 Å². The number of nitrogens with two attached hydrogens (primary N) is 2. The molecular weight excluding hydrogens is 192 g/mol. The summed E-state index contributed by atoms with van der Waals surface area (Å²) < 4.78 is 1.51. The van der Waals surface area contributed by atoms with Crippen molar-refractivity contribution in [2.75, 3.05) is 11.5 Å². The monoisotopic (exact) mass is 204 g/mol. The average molecular weight is 204 g/mol. The van der Waals surface area contributed by atoms with Gasteiger partial charge in [-0.3, -0.25) is 0 Å². The molecule has 0 aliphatic rings. The molecule has 0 atom stereocenters. The summed E-state index contributed by atoms with van der Waals surface area (Å²) in [5.41, 5.74) is 12.7. The van der Waals surface area contributed by atoms with Gasteiger partial charge >= 0.3 is 0 Å². The molecule has 0 radical (unpaired) electrons. The second-order valence-corrected chi connectivity index (χ2v) is 3.15. The Kier molecular flexibility index (Phi) is 2.31. The van der Waals surface area contributed by atoms with E-state index in [4.69, 9.17) is 16.6 Å². The predicted molar refractivity (Wildman–Crippen MR) is 58.3 cm³/mol. The summed E-state index contributed by atoms with van der Waals surface area (Å²) in [6.45, 7) is -0.204. The minimum Gasteiger partial charge on any atom is -0.391 e. The third-order valence-electron chi connectivity index (χ3n) is 2.21. The Bertz CT molecular complexity index is 464. The molecule has 0 amide bonds. The van der Waals surface area contributed by atoms with Crippen LogP contribution >= 0.6 is 0 Å². The second-order valence-electron chi connectivity index (χ2n) is 3.15. The molecule has 0 spiro atoms. The highest BCUT2D eigenvalue weighted by molar-refractivity contribution is 5.57. The van der Waals surface area contributed by atoms with E-state index in [0.29, 0.717) is 11.4 Å². The van der Waals surface area contributed by atoms with E-state index in [1.807, 2.05) is 30.3 Å². The van der Waals surface area contributed by atoms with Crippen LogP contribution in [0.4, 0.5) is 11.6 Å². The van der Waals surface area contributed by atoms with Crippen LogP contribution in [0.5, 0.6) is 0 Å². The molecule has 0 saturated heterocycles. The maximum Gasteiger partial charge on any atom is 0.153 e. The van der Waals surface area contributed by atoms with Crippen molar-refractivity contribution in [3.63, 3.8) is 0 Å². The van der Waals surface area contributed by atoms with E-state index in [1.165, 1.54) is 4.68 Å².